The second-order valence-electron chi connectivity index (χ2n) is 4.81. The lowest BCUT2D eigenvalue weighted by Gasteiger charge is -2.11. The quantitative estimate of drug-likeness (QED) is 0.333. The normalized spacial score (nSPS) is 10.6. The molecule has 0 aliphatic carbocycles. The van der Waals surface area contributed by atoms with Crippen molar-refractivity contribution in [2.24, 2.45) is 0 Å². The number of carbonyl (C=O) groups is 1. The zero-order chi connectivity index (χ0) is 17.5. The molecule has 0 aliphatic rings. The van der Waals surface area contributed by atoms with Gasteiger partial charge in [-0.3, -0.25) is 14.9 Å². The van der Waals surface area contributed by atoms with E-state index in [0.29, 0.717) is 29.2 Å². The van der Waals surface area contributed by atoms with Gasteiger partial charge in [0, 0.05) is 23.3 Å². The first-order valence-corrected chi connectivity index (χ1v) is 7.33. The van der Waals surface area contributed by atoms with Gasteiger partial charge in [0.1, 0.15) is 0 Å². The Morgan fingerprint density at radius 3 is 2.50 bits per heavy atom. The Morgan fingerprint density at radius 2 is 1.92 bits per heavy atom. The molecular formula is C18H17NO5. The number of hydrogen-bond acceptors (Lipinski definition) is 5. The van der Waals surface area contributed by atoms with Crippen LogP contribution < -0.4 is 9.47 Å². The monoisotopic (exact) mass is 327 g/mol. The summed E-state index contributed by atoms with van der Waals surface area (Å²) in [4.78, 5) is 22.3. The van der Waals surface area contributed by atoms with Gasteiger partial charge in [-0.15, -0.1) is 0 Å². The molecule has 0 bridgehead atoms. The van der Waals surface area contributed by atoms with Crippen molar-refractivity contribution in [3.8, 4) is 11.5 Å². The van der Waals surface area contributed by atoms with Crippen LogP contribution in [0.25, 0.3) is 6.08 Å². The molecular weight excluding hydrogens is 310 g/mol. The van der Waals surface area contributed by atoms with E-state index in [2.05, 4.69) is 0 Å². The van der Waals surface area contributed by atoms with Gasteiger partial charge in [-0.05, 0) is 37.3 Å². The summed E-state index contributed by atoms with van der Waals surface area (Å²) in [6.45, 7) is 2.38. The summed E-state index contributed by atoms with van der Waals surface area (Å²) >= 11 is 0. The summed E-state index contributed by atoms with van der Waals surface area (Å²) in [5.74, 6) is 0.894. The van der Waals surface area contributed by atoms with Gasteiger partial charge in [-0.25, -0.2) is 0 Å². The molecule has 0 unspecified atom stereocenters. The standard InChI is InChI=1S/C18H17NO5/c1-3-24-17-6-4-5-14(18(17)23-2)9-12-16(20)13-7-10-15(11-8-13)19(21)22/h4-12H,3H2,1-2H3/b12-9+. The van der Waals surface area contributed by atoms with Crippen LogP contribution in [-0.2, 0) is 0 Å². The first-order valence-electron chi connectivity index (χ1n) is 7.33. The molecule has 6 nitrogen and oxygen atoms in total. The number of ketones is 1. The van der Waals surface area contributed by atoms with Crippen LogP contribution in [0.5, 0.6) is 11.5 Å². The topological polar surface area (TPSA) is 78.7 Å². The molecule has 0 spiro atoms. The third-order valence-electron chi connectivity index (χ3n) is 3.29. The molecule has 6 heteroatoms. The average Bonchev–Trinajstić information content (AvgIpc) is 2.60. The van der Waals surface area contributed by atoms with E-state index in [4.69, 9.17) is 9.47 Å². The highest BCUT2D eigenvalue weighted by Crippen LogP contribution is 2.32. The van der Waals surface area contributed by atoms with Crippen LogP contribution >= 0.6 is 0 Å². The maximum atomic E-state index is 12.2. The summed E-state index contributed by atoms with van der Waals surface area (Å²) in [6, 6.07) is 10.9. The molecule has 0 atom stereocenters. The molecule has 0 saturated carbocycles. The van der Waals surface area contributed by atoms with E-state index in [-0.39, 0.29) is 11.5 Å². The molecule has 124 valence electrons. The van der Waals surface area contributed by atoms with E-state index in [1.807, 2.05) is 13.0 Å². The predicted octanol–water partition coefficient (Wildman–Crippen LogP) is 3.90. The van der Waals surface area contributed by atoms with Crippen molar-refractivity contribution in [1.82, 2.24) is 0 Å². The van der Waals surface area contributed by atoms with Crippen LogP contribution in [0.2, 0.25) is 0 Å². The fraction of sp³-hybridized carbons (Fsp3) is 0.167. The van der Waals surface area contributed by atoms with E-state index >= 15 is 0 Å². The first kappa shape index (κ1) is 17.2. The second-order valence-corrected chi connectivity index (χ2v) is 4.81. The fourth-order valence-electron chi connectivity index (χ4n) is 2.16. The zero-order valence-corrected chi connectivity index (χ0v) is 13.4. The number of nitro benzene ring substituents is 1. The number of ether oxygens (including phenoxy) is 2. The number of para-hydroxylation sites is 1. The summed E-state index contributed by atoms with van der Waals surface area (Å²) < 4.78 is 10.8. The Labute approximate surface area is 139 Å². The highest BCUT2D eigenvalue weighted by atomic mass is 16.6. The Morgan fingerprint density at radius 1 is 1.21 bits per heavy atom. The average molecular weight is 327 g/mol. The van der Waals surface area contributed by atoms with Gasteiger partial charge < -0.3 is 9.47 Å². The van der Waals surface area contributed by atoms with Gasteiger partial charge in [-0.2, -0.15) is 0 Å². The van der Waals surface area contributed by atoms with Gasteiger partial charge >= 0.3 is 0 Å². The van der Waals surface area contributed by atoms with Crippen molar-refractivity contribution in [1.29, 1.82) is 0 Å². The number of benzene rings is 2. The number of rotatable bonds is 7. The maximum Gasteiger partial charge on any atom is 0.269 e. The number of allylic oxidation sites excluding steroid dienone is 1. The Kier molecular flexibility index (Phi) is 5.68. The molecule has 0 N–H and O–H groups in total. The number of hydrogen-bond donors (Lipinski definition) is 0. The molecule has 24 heavy (non-hydrogen) atoms. The van der Waals surface area contributed by atoms with Gasteiger partial charge in [0.15, 0.2) is 17.3 Å². The van der Waals surface area contributed by atoms with Crippen molar-refractivity contribution >= 4 is 17.5 Å². The minimum absolute atomic E-state index is 0.0541. The Balaban J connectivity index is 2.22. The molecule has 0 fully saturated rings. The van der Waals surface area contributed by atoms with Crippen molar-refractivity contribution in [3.05, 3.63) is 69.8 Å². The smallest absolute Gasteiger partial charge is 0.269 e. The summed E-state index contributed by atoms with van der Waals surface area (Å²) in [5.41, 5.74) is 1.03. The minimum Gasteiger partial charge on any atom is -0.492 e. The van der Waals surface area contributed by atoms with Gasteiger partial charge in [-0.1, -0.05) is 12.1 Å². The lowest BCUT2D eigenvalue weighted by Crippen LogP contribution is -1.98. The van der Waals surface area contributed by atoms with Crippen LogP contribution in [0.3, 0.4) is 0 Å². The molecule has 0 radical (unpaired) electrons. The number of carbonyl (C=O) groups excluding carboxylic acids is 1. The summed E-state index contributed by atoms with van der Waals surface area (Å²) in [5, 5.41) is 10.6. The largest absolute Gasteiger partial charge is 0.492 e. The minimum atomic E-state index is -0.506. The van der Waals surface area contributed by atoms with Crippen LogP contribution in [-0.4, -0.2) is 24.4 Å². The lowest BCUT2D eigenvalue weighted by atomic mass is 10.1. The number of nitro groups is 1. The first-order chi connectivity index (χ1) is 11.6. The van der Waals surface area contributed by atoms with E-state index in [0.717, 1.165) is 0 Å². The Bertz CT molecular complexity index is 765. The molecule has 2 rings (SSSR count). The molecule has 2 aromatic carbocycles. The summed E-state index contributed by atoms with van der Waals surface area (Å²) in [7, 11) is 1.54. The third kappa shape index (κ3) is 3.98. The Hall–Kier alpha value is -3.15. The van der Waals surface area contributed by atoms with E-state index in [1.54, 1.807) is 18.2 Å². The van der Waals surface area contributed by atoms with Crippen LogP contribution in [0, 0.1) is 10.1 Å². The zero-order valence-electron chi connectivity index (χ0n) is 13.4. The van der Waals surface area contributed by atoms with Gasteiger partial charge in [0.05, 0.1) is 18.6 Å². The van der Waals surface area contributed by atoms with Crippen molar-refractivity contribution in [3.63, 3.8) is 0 Å². The lowest BCUT2D eigenvalue weighted by molar-refractivity contribution is -0.384. The number of non-ortho nitro benzene ring substituents is 1. The molecule has 0 saturated heterocycles. The van der Waals surface area contributed by atoms with Crippen LogP contribution in [0.4, 0.5) is 5.69 Å². The predicted molar refractivity (Wildman–Crippen MR) is 90.6 cm³/mol. The number of methoxy groups -OCH3 is 1. The molecule has 0 aromatic heterocycles. The van der Waals surface area contributed by atoms with Crippen LogP contribution in [0.1, 0.15) is 22.8 Å². The third-order valence-corrected chi connectivity index (χ3v) is 3.29. The molecule has 0 heterocycles. The highest BCUT2D eigenvalue weighted by molar-refractivity contribution is 6.07. The van der Waals surface area contributed by atoms with E-state index < -0.39 is 4.92 Å². The van der Waals surface area contributed by atoms with E-state index in [9.17, 15) is 14.9 Å². The molecule has 2 aromatic rings. The maximum absolute atomic E-state index is 12.2. The van der Waals surface area contributed by atoms with Crippen LogP contribution in [0.15, 0.2) is 48.5 Å². The summed E-state index contributed by atoms with van der Waals surface area (Å²) in [6.07, 6.45) is 3.03. The van der Waals surface area contributed by atoms with E-state index in [1.165, 1.54) is 37.5 Å². The SMILES string of the molecule is CCOc1cccc(/C=C/C(=O)c2ccc([N+](=O)[O-])cc2)c1OC. The van der Waals surface area contributed by atoms with Gasteiger partial charge in [0.25, 0.3) is 5.69 Å². The second kappa shape index (κ2) is 7.92. The number of nitrogens with zero attached hydrogens (tertiary/aromatic N) is 1. The van der Waals surface area contributed by atoms with Crippen molar-refractivity contribution < 1.29 is 19.2 Å². The fourth-order valence-corrected chi connectivity index (χ4v) is 2.16. The molecule has 0 aliphatic heterocycles. The highest BCUT2D eigenvalue weighted by Gasteiger charge is 2.10. The molecule has 0 amide bonds. The van der Waals surface area contributed by atoms with Crippen molar-refractivity contribution in [2.75, 3.05) is 13.7 Å². The van der Waals surface area contributed by atoms with Gasteiger partial charge in [0.2, 0.25) is 0 Å². The van der Waals surface area contributed by atoms with Crippen molar-refractivity contribution in [2.45, 2.75) is 6.92 Å².